The molecule has 0 aliphatic carbocycles. The van der Waals surface area contributed by atoms with E-state index in [-0.39, 0.29) is 16.9 Å². The van der Waals surface area contributed by atoms with E-state index in [1.165, 1.54) is 18.2 Å². The van der Waals surface area contributed by atoms with Crippen LogP contribution in [0.15, 0.2) is 36.4 Å². The highest BCUT2D eigenvalue weighted by Crippen LogP contribution is 2.30. The molecular formula is C16H16ClF2N. The lowest BCUT2D eigenvalue weighted by atomic mass is 9.97. The van der Waals surface area contributed by atoms with E-state index >= 15 is 0 Å². The molecule has 2 rings (SSSR count). The van der Waals surface area contributed by atoms with Crippen LogP contribution < -0.4 is 5.32 Å². The summed E-state index contributed by atoms with van der Waals surface area (Å²) in [5, 5.41) is 3.29. The average Bonchev–Trinajstić information content (AvgIpc) is 2.38. The maximum atomic E-state index is 13.6. The van der Waals surface area contributed by atoms with E-state index in [1.807, 2.05) is 19.9 Å². The van der Waals surface area contributed by atoms with Gasteiger partial charge in [0.15, 0.2) is 0 Å². The second-order valence-electron chi connectivity index (χ2n) is 4.70. The van der Waals surface area contributed by atoms with Crippen molar-refractivity contribution in [3.63, 3.8) is 0 Å². The van der Waals surface area contributed by atoms with Gasteiger partial charge in [-0.25, -0.2) is 8.78 Å². The summed E-state index contributed by atoms with van der Waals surface area (Å²) in [5.41, 5.74) is 2.16. The first-order chi connectivity index (χ1) is 9.52. The monoisotopic (exact) mass is 295 g/mol. The van der Waals surface area contributed by atoms with E-state index in [0.29, 0.717) is 12.1 Å². The molecule has 1 unspecified atom stereocenters. The predicted molar refractivity (Wildman–Crippen MR) is 78.1 cm³/mol. The van der Waals surface area contributed by atoms with Gasteiger partial charge < -0.3 is 5.32 Å². The molecule has 0 bridgehead atoms. The van der Waals surface area contributed by atoms with Gasteiger partial charge in [-0.2, -0.15) is 0 Å². The Balaban J connectivity index is 2.53. The second kappa shape index (κ2) is 6.33. The van der Waals surface area contributed by atoms with Crippen LogP contribution in [0.3, 0.4) is 0 Å². The van der Waals surface area contributed by atoms with Crippen LogP contribution in [0.25, 0.3) is 0 Å². The van der Waals surface area contributed by atoms with Gasteiger partial charge in [-0.3, -0.25) is 0 Å². The molecule has 0 saturated carbocycles. The average molecular weight is 296 g/mol. The molecule has 2 aromatic carbocycles. The Bertz CT molecular complexity index is 593. The molecule has 0 fully saturated rings. The first kappa shape index (κ1) is 14.9. The Morgan fingerprint density at radius 3 is 2.60 bits per heavy atom. The number of benzene rings is 2. The topological polar surface area (TPSA) is 12.0 Å². The van der Waals surface area contributed by atoms with Crippen LogP contribution in [0.1, 0.15) is 29.7 Å². The molecule has 2 aromatic rings. The number of hydrogen-bond acceptors (Lipinski definition) is 1. The molecule has 1 atom stereocenters. The third-order valence-electron chi connectivity index (χ3n) is 3.10. The van der Waals surface area contributed by atoms with Crippen LogP contribution in [-0.4, -0.2) is 6.54 Å². The van der Waals surface area contributed by atoms with E-state index in [0.717, 1.165) is 11.1 Å². The van der Waals surface area contributed by atoms with E-state index in [1.54, 1.807) is 12.1 Å². The summed E-state index contributed by atoms with van der Waals surface area (Å²) in [6.45, 7) is 4.42. The Kier molecular flexibility index (Phi) is 4.73. The molecule has 4 heteroatoms. The summed E-state index contributed by atoms with van der Waals surface area (Å²) >= 11 is 6.04. The Labute approximate surface area is 122 Å². The summed E-state index contributed by atoms with van der Waals surface area (Å²) in [7, 11) is 0. The van der Waals surface area contributed by atoms with Gasteiger partial charge in [-0.05, 0) is 48.4 Å². The lowest BCUT2D eigenvalue weighted by molar-refractivity contribution is 0.592. The van der Waals surface area contributed by atoms with Crippen molar-refractivity contribution in [1.82, 2.24) is 5.32 Å². The van der Waals surface area contributed by atoms with Crippen molar-refractivity contribution in [3.8, 4) is 0 Å². The van der Waals surface area contributed by atoms with Gasteiger partial charge in [0.1, 0.15) is 11.6 Å². The maximum absolute atomic E-state index is 13.6. The smallest absolute Gasteiger partial charge is 0.142 e. The highest BCUT2D eigenvalue weighted by atomic mass is 35.5. The van der Waals surface area contributed by atoms with Gasteiger partial charge in [0, 0.05) is 0 Å². The number of aryl methyl sites for hydroxylation is 1. The summed E-state index contributed by atoms with van der Waals surface area (Å²) in [5.74, 6) is -0.782. The Morgan fingerprint density at radius 1 is 1.20 bits per heavy atom. The molecule has 0 aliphatic heterocycles. The molecule has 0 spiro atoms. The Hall–Kier alpha value is -1.45. The molecule has 0 heterocycles. The van der Waals surface area contributed by atoms with Gasteiger partial charge >= 0.3 is 0 Å². The van der Waals surface area contributed by atoms with Gasteiger partial charge in [-0.1, -0.05) is 36.7 Å². The zero-order valence-electron chi connectivity index (χ0n) is 11.4. The quantitative estimate of drug-likeness (QED) is 0.867. The van der Waals surface area contributed by atoms with E-state index in [9.17, 15) is 8.78 Å². The fourth-order valence-corrected chi connectivity index (χ4v) is 2.52. The van der Waals surface area contributed by atoms with Gasteiger partial charge in [-0.15, -0.1) is 0 Å². The molecule has 20 heavy (non-hydrogen) atoms. The molecule has 0 aromatic heterocycles. The standard InChI is InChI=1S/C16H16ClF2N/c1-3-20-16(11-7-10(2)8-12(18)9-11)13-5-4-6-14(19)15(13)17/h4-9,16,20H,3H2,1-2H3. The van der Waals surface area contributed by atoms with Crippen LogP contribution in [0.5, 0.6) is 0 Å². The third kappa shape index (κ3) is 3.17. The number of nitrogens with one attached hydrogen (secondary N) is 1. The third-order valence-corrected chi connectivity index (χ3v) is 3.50. The molecule has 0 aliphatic rings. The minimum Gasteiger partial charge on any atom is -0.306 e. The molecule has 0 saturated heterocycles. The van der Waals surface area contributed by atoms with Gasteiger partial charge in [0.25, 0.3) is 0 Å². The minimum absolute atomic E-state index is 0.0698. The lowest BCUT2D eigenvalue weighted by Gasteiger charge is -2.21. The van der Waals surface area contributed by atoms with Crippen molar-refractivity contribution in [3.05, 3.63) is 69.7 Å². The molecule has 0 amide bonds. The molecule has 0 radical (unpaired) electrons. The summed E-state index contributed by atoms with van der Waals surface area (Å²) in [4.78, 5) is 0. The van der Waals surface area contributed by atoms with Crippen molar-refractivity contribution in [2.24, 2.45) is 0 Å². The summed E-state index contributed by atoms with van der Waals surface area (Å²) in [6, 6.07) is 9.11. The zero-order chi connectivity index (χ0) is 14.7. The highest BCUT2D eigenvalue weighted by Gasteiger charge is 2.18. The van der Waals surface area contributed by atoms with Crippen LogP contribution in [0.2, 0.25) is 5.02 Å². The van der Waals surface area contributed by atoms with Crippen LogP contribution >= 0.6 is 11.6 Å². The van der Waals surface area contributed by atoms with Crippen molar-refractivity contribution >= 4 is 11.6 Å². The summed E-state index contributed by atoms with van der Waals surface area (Å²) < 4.78 is 27.2. The minimum atomic E-state index is -0.472. The first-order valence-electron chi connectivity index (χ1n) is 6.47. The van der Waals surface area contributed by atoms with Gasteiger partial charge in [0.2, 0.25) is 0 Å². The van der Waals surface area contributed by atoms with Crippen LogP contribution in [-0.2, 0) is 0 Å². The van der Waals surface area contributed by atoms with Crippen molar-refractivity contribution in [2.75, 3.05) is 6.54 Å². The van der Waals surface area contributed by atoms with Gasteiger partial charge in [0.05, 0.1) is 11.1 Å². The normalized spacial score (nSPS) is 12.4. The molecule has 106 valence electrons. The van der Waals surface area contributed by atoms with E-state index in [2.05, 4.69) is 5.32 Å². The predicted octanol–water partition coefficient (Wildman–Crippen LogP) is 4.63. The van der Waals surface area contributed by atoms with Crippen molar-refractivity contribution in [1.29, 1.82) is 0 Å². The highest BCUT2D eigenvalue weighted by molar-refractivity contribution is 6.31. The fourth-order valence-electron chi connectivity index (χ4n) is 2.29. The van der Waals surface area contributed by atoms with E-state index in [4.69, 9.17) is 11.6 Å². The second-order valence-corrected chi connectivity index (χ2v) is 5.07. The number of halogens is 3. The number of rotatable bonds is 4. The van der Waals surface area contributed by atoms with Crippen molar-refractivity contribution in [2.45, 2.75) is 19.9 Å². The van der Waals surface area contributed by atoms with Crippen molar-refractivity contribution < 1.29 is 8.78 Å². The fraction of sp³-hybridized carbons (Fsp3) is 0.250. The molecule has 1 N–H and O–H groups in total. The SMILES string of the molecule is CCNC(c1cc(C)cc(F)c1)c1cccc(F)c1Cl. The van der Waals surface area contributed by atoms with E-state index < -0.39 is 5.82 Å². The maximum Gasteiger partial charge on any atom is 0.142 e. The largest absolute Gasteiger partial charge is 0.306 e. The number of hydrogen-bond donors (Lipinski definition) is 1. The summed E-state index contributed by atoms with van der Waals surface area (Å²) in [6.07, 6.45) is 0. The Morgan fingerprint density at radius 2 is 1.95 bits per heavy atom. The zero-order valence-corrected chi connectivity index (χ0v) is 12.1. The lowest BCUT2D eigenvalue weighted by Crippen LogP contribution is -2.22. The molecule has 1 nitrogen and oxygen atoms in total. The first-order valence-corrected chi connectivity index (χ1v) is 6.85. The van der Waals surface area contributed by atoms with Crippen LogP contribution in [0.4, 0.5) is 8.78 Å². The van der Waals surface area contributed by atoms with Crippen LogP contribution in [0, 0.1) is 18.6 Å². The molecular weight excluding hydrogens is 280 g/mol.